The maximum absolute atomic E-state index is 12.9. The second-order valence-corrected chi connectivity index (χ2v) is 7.98. The number of aryl methyl sites for hydroxylation is 1. The van der Waals surface area contributed by atoms with E-state index in [0.29, 0.717) is 12.0 Å². The first-order valence-electron chi connectivity index (χ1n) is 10.4. The molecule has 0 aliphatic heterocycles. The van der Waals surface area contributed by atoms with Gasteiger partial charge in [-0.15, -0.1) is 0 Å². The molecule has 9 nitrogen and oxygen atoms in total. The number of nitrogens with zero attached hydrogens (tertiary/aromatic N) is 1. The molecule has 2 atom stereocenters. The molecule has 2 rings (SSSR count). The van der Waals surface area contributed by atoms with Crippen molar-refractivity contribution in [3.63, 3.8) is 0 Å². The fourth-order valence-electron chi connectivity index (χ4n) is 2.99. The Balaban J connectivity index is 2.13. The highest BCUT2D eigenvalue weighted by Crippen LogP contribution is 2.07. The van der Waals surface area contributed by atoms with Gasteiger partial charge < -0.3 is 26.0 Å². The Bertz CT molecular complexity index is 906. The van der Waals surface area contributed by atoms with E-state index in [4.69, 9.17) is 0 Å². The molecule has 3 amide bonds. The van der Waals surface area contributed by atoms with Gasteiger partial charge in [-0.05, 0) is 43.5 Å². The van der Waals surface area contributed by atoms with Crippen LogP contribution in [0.5, 0.6) is 0 Å². The van der Waals surface area contributed by atoms with E-state index in [9.17, 15) is 24.4 Å². The van der Waals surface area contributed by atoms with E-state index in [1.165, 1.54) is 12.3 Å². The molecule has 1 aromatic heterocycles. The first kappa shape index (κ1) is 25.0. The number of nitrogens with one attached hydrogen (secondary N) is 3. The van der Waals surface area contributed by atoms with Gasteiger partial charge in [0.15, 0.2) is 0 Å². The Kier molecular flexibility index (Phi) is 9.36. The summed E-state index contributed by atoms with van der Waals surface area (Å²) < 4.78 is 0. The second kappa shape index (κ2) is 12.0. The molecule has 2 aromatic rings. The topological polar surface area (TPSA) is 141 Å². The molecule has 170 valence electrons. The summed E-state index contributed by atoms with van der Waals surface area (Å²) in [5.41, 5.74) is 1.52. The van der Waals surface area contributed by atoms with Crippen molar-refractivity contribution in [2.75, 3.05) is 6.54 Å². The number of benzene rings is 1. The summed E-state index contributed by atoms with van der Waals surface area (Å²) in [6.45, 7) is 5.46. The summed E-state index contributed by atoms with van der Waals surface area (Å²) in [6, 6.07) is 10.5. The van der Waals surface area contributed by atoms with Crippen molar-refractivity contribution in [2.45, 2.75) is 39.2 Å². The minimum Gasteiger partial charge on any atom is -0.426 e. The smallest absolute Gasteiger partial charge is 0.426 e. The highest BCUT2D eigenvalue weighted by molar-refractivity contribution is 6.43. The van der Waals surface area contributed by atoms with Gasteiger partial charge in [-0.25, -0.2) is 0 Å². The van der Waals surface area contributed by atoms with Gasteiger partial charge in [0.2, 0.25) is 5.91 Å². The van der Waals surface area contributed by atoms with Crippen molar-refractivity contribution >= 4 is 24.8 Å². The fourth-order valence-corrected chi connectivity index (χ4v) is 2.99. The summed E-state index contributed by atoms with van der Waals surface area (Å²) in [6.07, 6.45) is 1.77. The van der Waals surface area contributed by atoms with Crippen LogP contribution in [0.2, 0.25) is 0 Å². The van der Waals surface area contributed by atoms with Crippen LogP contribution in [0.25, 0.3) is 0 Å². The van der Waals surface area contributed by atoms with Gasteiger partial charge in [0.05, 0.1) is 5.94 Å². The predicted octanol–water partition coefficient (Wildman–Crippen LogP) is 0.461. The third-order valence-corrected chi connectivity index (χ3v) is 4.71. The Labute approximate surface area is 187 Å². The standard InChI is InChI=1S/C22H29BN4O5/c1-14(2)12-19(23(31)32)27-22(30)18(26-21(29)17-6-4-5-11-24-17)13-25-20(28)16-9-7-15(3)8-10-16/h4-11,14,18-19,31-32H,12-13H2,1-3H3,(H,25,28)(H,26,29)(H,27,30)/t18-,19?/m0/s1. The lowest BCUT2D eigenvalue weighted by Crippen LogP contribution is -2.57. The van der Waals surface area contributed by atoms with Crippen LogP contribution in [0.1, 0.15) is 46.7 Å². The van der Waals surface area contributed by atoms with E-state index in [1.54, 1.807) is 36.4 Å². The summed E-state index contributed by atoms with van der Waals surface area (Å²) in [4.78, 5) is 41.9. The second-order valence-electron chi connectivity index (χ2n) is 7.98. The van der Waals surface area contributed by atoms with E-state index in [-0.39, 0.29) is 18.2 Å². The van der Waals surface area contributed by atoms with Crippen molar-refractivity contribution < 1.29 is 24.4 Å². The van der Waals surface area contributed by atoms with Crippen LogP contribution in [0, 0.1) is 12.8 Å². The SMILES string of the molecule is Cc1ccc(C(=O)NC[C@H](NC(=O)c2ccccn2)C(=O)NC(CC(C)C)B(O)O)cc1. The van der Waals surface area contributed by atoms with E-state index < -0.39 is 36.8 Å². The zero-order valence-corrected chi connectivity index (χ0v) is 18.4. The van der Waals surface area contributed by atoms with Gasteiger partial charge in [0.25, 0.3) is 11.8 Å². The molecule has 32 heavy (non-hydrogen) atoms. The number of aromatic nitrogens is 1. The molecule has 0 radical (unpaired) electrons. The number of hydrogen-bond acceptors (Lipinski definition) is 6. The minimum absolute atomic E-state index is 0.0879. The van der Waals surface area contributed by atoms with Crippen LogP contribution in [0.15, 0.2) is 48.7 Å². The Hall–Kier alpha value is -3.24. The van der Waals surface area contributed by atoms with Crippen LogP contribution in [-0.2, 0) is 4.79 Å². The average Bonchev–Trinajstić information content (AvgIpc) is 2.76. The van der Waals surface area contributed by atoms with Crippen molar-refractivity contribution in [2.24, 2.45) is 5.92 Å². The third-order valence-electron chi connectivity index (χ3n) is 4.71. The van der Waals surface area contributed by atoms with Crippen LogP contribution < -0.4 is 16.0 Å². The largest absolute Gasteiger partial charge is 0.475 e. The van der Waals surface area contributed by atoms with Crippen LogP contribution in [-0.4, -0.2) is 58.4 Å². The molecule has 1 unspecified atom stereocenters. The highest BCUT2D eigenvalue weighted by Gasteiger charge is 2.30. The molecule has 0 spiro atoms. The van der Waals surface area contributed by atoms with Crippen molar-refractivity contribution in [1.82, 2.24) is 20.9 Å². The highest BCUT2D eigenvalue weighted by atomic mass is 16.4. The predicted molar refractivity (Wildman–Crippen MR) is 121 cm³/mol. The quantitative estimate of drug-likeness (QED) is 0.340. The fraction of sp³-hybridized carbons (Fsp3) is 0.364. The van der Waals surface area contributed by atoms with Gasteiger partial charge in [-0.2, -0.15) is 0 Å². The lowest BCUT2D eigenvalue weighted by atomic mass is 9.75. The zero-order chi connectivity index (χ0) is 23.7. The van der Waals surface area contributed by atoms with Crippen molar-refractivity contribution in [1.29, 1.82) is 0 Å². The normalized spacial score (nSPS) is 12.6. The Morgan fingerprint density at radius 3 is 2.25 bits per heavy atom. The number of pyridine rings is 1. The van der Waals surface area contributed by atoms with Crippen LogP contribution in [0.3, 0.4) is 0 Å². The van der Waals surface area contributed by atoms with E-state index in [1.807, 2.05) is 20.8 Å². The van der Waals surface area contributed by atoms with Gasteiger partial charge in [0.1, 0.15) is 11.7 Å². The maximum atomic E-state index is 12.9. The minimum atomic E-state index is -1.77. The number of hydrogen-bond donors (Lipinski definition) is 5. The average molecular weight is 440 g/mol. The third kappa shape index (κ3) is 7.79. The monoisotopic (exact) mass is 440 g/mol. The molecule has 0 bridgehead atoms. The van der Waals surface area contributed by atoms with Crippen LogP contribution in [0.4, 0.5) is 0 Å². The summed E-state index contributed by atoms with van der Waals surface area (Å²) in [7, 11) is -1.77. The van der Waals surface area contributed by atoms with Crippen molar-refractivity contribution in [3.05, 3.63) is 65.5 Å². The number of amides is 3. The van der Waals surface area contributed by atoms with Crippen LogP contribution >= 0.6 is 0 Å². The van der Waals surface area contributed by atoms with Gasteiger partial charge in [-0.1, -0.05) is 37.6 Å². The van der Waals surface area contributed by atoms with Gasteiger partial charge in [-0.3, -0.25) is 19.4 Å². The lowest BCUT2D eigenvalue weighted by Gasteiger charge is -2.24. The molecule has 5 N–H and O–H groups in total. The maximum Gasteiger partial charge on any atom is 0.475 e. The van der Waals surface area contributed by atoms with Crippen molar-refractivity contribution in [3.8, 4) is 0 Å². The van der Waals surface area contributed by atoms with E-state index in [0.717, 1.165) is 5.56 Å². The molecule has 1 heterocycles. The molecular formula is C22H29BN4O5. The van der Waals surface area contributed by atoms with E-state index in [2.05, 4.69) is 20.9 Å². The van der Waals surface area contributed by atoms with E-state index >= 15 is 0 Å². The Morgan fingerprint density at radius 1 is 1.00 bits per heavy atom. The molecule has 1 aromatic carbocycles. The van der Waals surface area contributed by atoms with Gasteiger partial charge in [0, 0.05) is 18.3 Å². The number of carbonyl (C=O) groups is 3. The molecule has 0 aliphatic carbocycles. The zero-order valence-electron chi connectivity index (χ0n) is 18.4. The Morgan fingerprint density at radius 2 is 1.69 bits per heavy atom. The molecule has 0 saturated heterocycles. The number of carbonyl (C=O) groups excluding carboxylic acids is 3. The van der Waals surface area contributed by atoms with Gasteiger partial charge >= 0.3 is 7.12 Å². The summed E-state index contributed by atoms with van der Waals surface area (Å²) >= 11 is 0. The molecule has 0 aliphatic rings. The first-order valence-corrected chi connectivity index (χ1v) is 10.4. The molecule has 0 fully saturated rings. The summed E-state index contributed by atoms with van der Waals surface area (Å²) in [5, 5.41) is 27.0. The molecular weight excluding hydrogens is 411 g/mol. The summed E-state index contributed by atoms with van der Waals surface area (Å²) in [5.74, 6) is -2.50. The molecule has 10 heteroatoms. The number of rotatable bonds is 10. The first-order chi connectivity index (χ1) is 15.2. The molecule has 0 saturated carbocycles. The lowest BCUT2D eigenvalue weighted by molar-refractivity contribution is -0.123.